The molecule has 0 radical (unpaired) electrons. The van der Waals surface area contributed by atoms with Gasteiger partial charge in [-0.2, -0.15) is 0 Å². The molecule has 0 aromatic rings. The predicted molar refractivity (Wildman–Crippen MR) is 43.9 cm³/mol. The minimum Gasteiger partial charge on any atom is -0.316 e. The third-order valence-corrected chi connectivity index (χ3v) is 3.30. The van der Waals surface area contributed by atoms with Crippen LogP contribution >= 0.6 is 0 Å². The monoisotopic (exact) mass is 178 g/mol. The fourth-order valence-corrected chi connectivity index (χ4v) is 2.15. The number of nitrogens with zero attached hydrogens (tertiary/aromatic N) is 1. The summed E-state index contributed by atoms with van der Waals surface area (Å²) in [5.74, 6) is 0. The lowest BCUT2D eigenvalue weighted by Crippen LogP contribution is -2.32. The summed E-state index contributed by atoms with van der Waals surface area (Å²) >= 11 is 0. The van der Waals surface area contributed by atoms with Gasteiger partial charge >= 0.3 is 0 Å². The van der Waals surface area contributed by atoms with Gasteiger partial charge in [-0.15, -0.1) is 0 Å². The van der Waals surface area contributed by atoms with Crippen LogP contribution in [0.15, 0.2) is 0 Å². The van der Waals surface area contributed by atoms with Gasteiger partial charge in [-0.25, -0.2) is 12.7 Å². The Kier molecular flexibility index (Phi) is 2.51. The Bertz CT molecular complexity index is 225. The van der Waals surface area contributed by atoms with Crippen molar-refractivity contribution in [3.8, 4) is 0 Å². The van der Waals surface area contributed by atoms with Gasteiger partial charge in [0.25, 0.3) is 0 Å². The van der Waals surface area contributed by atoms with E-state index in [0.29, 0.717) is 19.1 Å². The quantitative estimate of drug-likeness (QED) is 0.604. The van der Waals surface area contributed by atoms with E-state index in [-0.39, 0.29) is 0 Å². The van der Waals surface area contributed by atoms with Crippen molar-refractivity contribution < 1.29 is 8.42 Å². The average Bonchev–Trinajstić information content (AvgIpc) is 2.32. The Morgan fingerprint density at radius 2 is 2.18 bits per heavy atom. The van der Waals surface area contributed by atoms with Gasteiger partial charge in [-0.1, -0.05) is 0 Å². The molecule has 0 aromatic heterocycles. The van der Waals surface area contributed by atoms with Crippen LogP contribution in [0.3, 0.4) is 0 Å². The Labute approximate surface area is 67.6 Å². The van der Waals surface area contributed by atoms with Crippen LogP contribution in [0.4, 0.5) is 0 Å². The Balaban J connectivity index is 2.55. The number of hydrogen-bond acceptors (Lipinski definition) is 3. The molecule has 11 heavy (non-hydrogen) atoms. The molecule has 4 nitrogen and oxygen atoms in total. The Hall–Kier alpha value is -0.130. The van der Waals surface area contributed by atoms with Gasteiger partial charge in [0, 0.05) is 19.1 Å². The van der Waals surface area contributed by atoms with Crippen LogP contribution in [0, 0.1) is 0 Å². The van der Waals surface area contributed by atoms with E-state index in [4.69, 9.17) is 0 Å². The maximum absolute atomic E-state index is 11.0. The van der Waals surface area contributed by atoms with Gasteiger partial charge in [0.1, 0.15) is 0 Å². The minimum absolute atomic E-state index is 0.338. The first-order valence-corrected chi connectivity index (χ1v) is 5.51. The third-order valence-electron chi connectivity index (χ3n) is 2.03. The second kappa shape index (κ2) is 3.08. The molecule has 0 bridgehead atoms. The second-order valence-electron chi connectivity index (χ2n) is 2.90. The van der Waals surface area contributed by atoms with Crippen LogP contribution in [0.1, 0.15) is 6.42 Å². The van der Waals surface area contributed by atoms with Gasteiger partial charge < -0.3 is 5.32 Å². The minimum atomic E-state index is -2.95. The zero-order valence-electron chi connectivity index (χ0n) is 6.87. The summed E-state index contributed by atoms with van der Waals surface area (Å²) in [7, 11) is -1.09. The third kappa shape index (κ3) is 2.15. The summed E-state index contributed by atoms with van der Waals surface area (Å²) in [6, 6.07) is 0.338. The Morgan fingerprint density at radius 1 is 1.55 bits per heavy atom. The van der Waals surface area contributed by atoms with E-state index in [1.54, 1.807) is 0 Å². The molecule has 66 valence electrons. The first kappa shape index (κ1) is 8.96. The highest BCUT2D eigenvalue weighted by atomic mass is 32.2. The highest BCUT2D eigenvalue weighted by molar-refractivity contribution is 7.88. The van der Waals surface area contributed by atoms with Crippen LogP contribution in [0.5, 0.6) is 0 Å². The van der Waals surface area contributed by atoms with Crippen molar-refractivity contribution in [1.82, 2.24) is 9.62 Å². The highest BCUT2D eigenvalue weighted by Crippen LogP contribution is 2.11. The highest BCUT2D eigenvalue weighted by Gasteiger charge is 2.26. The lowest BCUT2D eigenvalue weighted by molar-refractivity contribution is 0.469. The van der Waals surface area contributed by atoms with Crippen LogP contribution in [0.2, 0.25) is 0 Å². The van der Waals surface area contributed by atoms with E-state index in [1.807, 2.05) is 7.05 Å². The van der Waals surface area contributed by atoms with E-state index < -0.39 is 10.0 Å². The van der Waals surface area contributed by atoms with E-state index in [9.17, 15) is 8.42 Å². The molecule has 0 amide bonds. The SMILES string of the molecule is CN[C@@H]1CCN(S(C)(=O)=O)C1. The number of likely N-dealkylation sites (N-methyl/N-ethyl adjacent to an activating group) is 1. The molecule has 1 rings (SSSR count). The van der Waals surface area contributed by atoms with Gasteiger partial charge in [0.05, 0.1) is 6.26 Å². The largest absolute Gasteiger partial charge is 0.316 e. The molecule has 1 aliphatic heterocycles. The number of sulfonamides is 1. The first-order chi connectivity index (χ1) is 5.04. The molecule has 1 N–H and O–H groups in total. The van der Waals surface area contributed by atoms with Crippen LogP contribution in [-0.2, 0) is 10.0 Å². The maximum atomic E-state index is 11.0. The average molecular weight is 178 g/mol. The topological polar surface area (TPSA) is 49.4 Å². The fraction of sp³-hybridized carbons (Fsp3) is 1.00. The molecule has 1 aliphatic rings. The van der Waals surface area contributed by atoms with Gasteiger partial charge in [-0.05, 0) is 13.5 Å². The molecule has 0 aliphatic carbocycles. The summed E-state index contributed by atoms with van der Waals surface area (Å²) in [6.07, 6.45) is 2.18. The van der Waals surface area contributed by atoms with Crippen molar-refractivity contribution in [3.05, 3.63) is 0 Å². The molecule has 5 heteroatoms. The van der Waals surface area contributed by atoms with Crippen molar-refractivity contribution in [1.29, 1.82) is 0 Å². The standard InChI is InChI=1S/C6H14N2O2S/c1-7-6-3-4-8(5-6)11(2,9)10/h6-7H,3-5H2,1-2H3/t6-/m1/s1. The van der Waals surface area contributed by atoms with Gasteiger partial charge in [0.2, 0.25) is 10.0 Å². The molecule has 0 unspecified atom stereocenters. The molecule has 1 atom stereocenters. The lowest BCUT2D eigenvalue weighted by atomic mass is 10.3. The number of nitrogens with one attached hydrogen (secondary N) is 1. The normalized spacial score (nSPS) is 27.6. The first-order valence-electron chi connectivity index (χ1n) is 3.66. The summed E-state index contributed by atoms with van der Waals surface area (Å²) < 4.78 is 23.5. The van der Waals surface area contributed by atoms with E-state index in [2.05, 4.69) is 5.32 Å². The zero-order chi connectivity index (χ0) is 8.48. The van der Waals surface area contributed by atoms with Crippen LogP contribution in [-0.4, -0.2) is 45.2 Å². The van der Waals surface area contributed by atoms with Crippen molar-refractivity contribution in [2.45, 2.75) is 12.5 Å². The summed E-state index contributed by atoms with van der Waals surface area (Å²) in [5, 5.41) is 3.06. The van der Waals surface area contributed by atoms with E-state index in [0.717, 1.165) is 6.42 Å². The van der Waals surface area contributed by atoms with Crippen LogP contribution < -0.4 is 5.32 Å². The molecular formula is C6H14N2O2S. The van der Waals surface area contributed by atoms with Crippen LogP contribution in [0.25, 0.3) is 0 Å². The molecule has 1 saturated heterocycles. The summed E-state index contributed by atoms with van der Waals surface area (Å²) in [6.45, 7) is 1.28. The number of hydrogen-bond donors (Lipinski definition) is 1. The Morgan fingerprint density at radius 3 is 2.45 bits per heavy atom. The van der Waals surface area contributed by atoms with Crippen molar-refractivity contribution >= 4 is 10.0 Å². The van der Waals surface area contributed by atoms with Crippen molar-refractivity contribution in [2.75, 3.05) is 26.4 Å². The van der Waals surface area contributed by atoms with E-state index in [1.165, 1.54) is 10.6 Å². The second-order valence-corrected chi connectivity index (χ2v) is 4.88. The molecule has 0 aromatic carbocycles. The molecular weight excluding hydrogens is 164 g/mol. The predicted octanol–water partition coefficient (Wildman–Crippen LogP) is -0.760. The molecule has 1 heterocycles. The molecule has 1 fully saturated rings. The summed E-state index contributed by atoms with van der Waals surface area (Å²) in [4.78, 5) is 0. The summed E-state index contributed by atoms with van der Waals surface area (Å²) in [5.41, 5.74) is 0. The smallest absolute Gasteiger partial charge is 0.211 e. The molecule has 0 spiro atoms. The van der Waals surface area contributed by atoms with Crippen molar-refractivity contribution in [2.24, 2.45) is 0 Å². The van der Waals surface area contributed by atoms with Crippen molar-refractivity contribution in [3.63, 3.8) is 0 Å². The van der Waals surface area contributed by atoms with Gasteiger partial charge in [-0.3, -0.25) is 0 Å². The lowest BCUT2D eigenvalue weighted by Gasteiger charge is -2.12. The van der Waals surface area contributed by atoms with Gasteiger partial charge in [0.15, 0.2) is 0 Å². The number of rotatable bonds is 2. The fourth-order valence-electron chi connectivity index (χ4n) is 1.27. The van der Waals surface area contributed by atoms with E-state index >= 15 is 0 Å². The zero-order valence-corrected chi connectivity index (χ0v) is 7.69. The maximum Gasteiger partial charge on any atom is 0.211 e. The molecule has 0 saturated carbocycles.